The monoisotopic (exact) mass is 192 g/mol. The van der Waals surface area contributed by atoms with Crippen LogP contribution in [0.5, 0.6) is 0 Å². The second-order valence-corrected chi connectivity index (χ2v) is 3.58. The smallest absolute Gasteiger partial charge is 0.132 e. The number of hydrogen-bond acceptors (Lipinski definition) is 2. The van der Waals surface area contributed by atoms with E-state index < -0.39 is 6.10 Å². The summed E-state index contributed by atoms with van der Waals surface area (Å²) < 4.78 is 0. The molecule has 1 N–H and O–H groups in total. The van der Waals surface area contributed by atoms with Crippen LogP contribution in [-0.4, -0.2) is 17.0 Å². The van der Waals surface area contributed by atoms with Crippen LogP contribution in [0.1, 0.15) is 25.3 Å². The predicted octanol–water partition coefficient (Wildman–Crippen LogP) is 1.96. The van der Waals surface area contributed by atoms with Gasteiger partial charge in [-0.3, -0.25) is 4.79 Å². The van der Waals surface area contributed by atoms with Crippen LogP contribution in [0.3, 0.4) is 0 Å². The summed E-state index contributed by atoms with van der Waals surface area (Å²) in [6, 6.07) is 9.98. The maximum absolute atomic E-state index is 10.7. The summed E-state index contributed by atoms with van der Waals surface area (Å²) >= 11 is 0. The van der Waals surface area contributed by atoms with E-state index in [1.165, 1.54) is 12.5 Å². The third-order valence-corrected chi connectivity index (χ3v) is 2.13. The van der Waals surface area contributed by atoms with Crippen LogP contribution in [0.15, 0.2) is 30.3 Å². The third-order valence-electron chi connectivity index (χ3n) is 2.13. The molecule has 0 saturated heterocycles. The van der Waals surface area contributed by atoms with E-state index in [-0.39, 0.29) is 12.2 Å². The molecule has 0 saturated carbocycles. The van der Waals surface area contributed by atoms with Crippen LogP contribution in [-0.2, 0) is 11.2 Å². The van der Waals surface area contributed by atoms with Crippen LogP contribution in [0.25, 0.3) is 0 Å². The highest BCUT2D eigenvalue weighted by atomic mass is 16.3. The van der Waals surface area contributed by atoms with Gasteiger partial charge < -0.3 is 5.11 Å². The quantitative estimate of drug-likeness (QED) is 0.774. The summed E-state index contributed by atoms with van der Waals surface area (Å²) in [5.41, 5.74) is 1.20. The lowest BCUT2D eigenvalue weighted by atomic mass is 10.0. The van der Waals surface area contributed by atoms with Crippen molar-refractivity contribution in [2.75, 3.05) is 0 Å². The SMILES string of the molecule is CC(=O)C[C@H](O)CCc1ccccc1. The third kappa shape index (κ3) is 4.19. The summed E-state index contributed by atoms with van der Waals surface area (Å²) in [6.45, 7) is 1.51. The van der Waals surface area contributed by atoms with E-state index in [2.05, 4.69) is 0 Å². The molecule has 2 nitrogen and oxygen atoms in total. The first-order chi connectivity index (χ1) is 6.68. The van der Waals surface area contributed by atoms with E-state index in [0.717, 1.165) is 6.42 Å². The van der Waals surface area contributed by atoms with Crippen molar-refractivity contribution in [1.29, 1.82) is 0 Å². The van der Waals surface area contributed by atoms with Gasteiger partial charge in [-0.15, -0.1) is 0 Å². The first-order valence-electron chi connectivity index (χ1n) is 4.90. The lowest BCUT2D eigenvalue weighted by molar-refractivity contribution is -0.118. The van der Waals surface area contributed by atoms with E-state index in [1.807, 2.05) is 30.3 Å². The van der Waals surface area contributed by atoms with Gasteiger partial charge in [0.1, 0.15) is 5.78 Å². The van der Waals surface area contributed by atoms with Gasteiger partial charge in [-0.2, -0.15) is 0 Å². The fourth-order valence-electron chi connectivity index (χ4n) is 1.41. The van der Waals surface area contributed by atoms with Gasteiger partial charge in [-0.25, -0.2) is 0 Å². The molecule has 1 aromatic rings. The Kier molecular flexibility index (Phi) is 4.33. The first-order valence-corrected chi connectivity index (χ1v) is 4.90. The summed E-state index contributed by atoms with van der Waals surface area (Å²) in [5, 5.41) is 9.46. The van der Waals surface area contributed by atoms with Gasteiger partial charge in [0.05, 0.1) is 6.10 Å². The Morgan fingerprint density at radius 2 is 2.00 bits per heavy atom. The Bertz CT molecular complexity index is 280. The van der Waals surface area contributed by atoms with Crippen LogP contribution in [0, 0.1) is 0 Å². The molecule has 0 aromatic heterocycles. The molecular weight excluding hydrogens is 176 g/mol. The molecule has 1 aromatic carbocycles. The van der Waals surface area contributed by atoms with Crippen LogP contribution < -0.4 is 0 Å². The molecule has 1 atom stereocenters. The molecule has 0 amide bonds. The number of carbonyl (C=O) groups excluding carboxylic acids is 1. The Balaban J connectivity index is 2.30. The Morgan fingerprint density at radius 1 is 1.36 bits per heavy atom. The number of aliphatic hydroxyl groups is 1. The largest absolute Gasteiger partial charge is 0.393 e. The second-order valence-electron chi connectivity index (χ2n) is 3.58. The molecule has 0 bridgehead atoms. The number of hydrogen-bond donors (Lipinski definition) is 1. The maximum Gasteiger partial charge on any atom is 0.132 e. The number of rotatable bonds is 5. The zero-order valence-corrected chi connectivity index (χ0v) is 8.44. The average molecular weight is 192 g/mol. The first kappa shape index (κ1) is 10.9. The van der Waals surface area contributed by atoms with E-state index in [9.17, 15) is 9.90 Å². The van der Waals surface area contributed by atoms with Gasteiger partial charge >= 0.3 is 0 Å². The number of aliphatic hydroxyl groups excluding tert-OH is 1. The van der Waals surface area contributed by atoms with E-state index in [4.69, 9.17) is 0 Å². The lowest BCUT2D eigenvalue weighted by Gasteiger charge is -2.07. The molecule has 1 rings (SSSR count). The summed E-state index contributed by atoms with van der Waals surface area (Å²) in [7, 11) is 0. The molecule has 2 heteroatoms. The Morgan fingerprint density at radius 3 is 2.57 bits per heavy atom. The fourth-order valence-corrected chi connectivity index (χ4v) is 1.41. The molecular formula is C12H16O2. The zero-order valence-electron chi connectivity index (χ0n) is 8.44. The standard InChI is InChI=1S/C12H16O2/c1-10(13)9-12(14)8-7-11-5-3-2-4-6-11/h2-6,12,14H,7-9H2,1H3/t12-/m1/s1. The average Bonchev–Trinajstić information content (AvgIpc) is 2.15. The summed E-state index contributed by atoms with van der Waals surface area (Å²) in [4.78, 5) is 10.7. The van der Waals surface area contributed by atoms with Crippen molar-refractivity contribution in [1.82, 2.24) is 0 Å². The Labute approximate surface area is 84.6 Å². The van der Waals surface area contributed by atoms with Crippen molar-refractivity contribution in [2.45, 2.75) is 32.3 Å². The van der Waals surface area contributed by atoms with Crippen molar-refractivity contribution in [3.05, 3.63) is 35.9 Å². The van der Waals surface area contributed by atoms with Crippen molar-refractivity contribution >= 4 is 5.78 Å². The van der Waals surface area contributed by atoms with Crippen molar-refractivity contribution in [2.24, 2.45) is 0 Å². The number of carbonyl (C=O) groups is 1. The number of Topliss-reactive ketones (excluding diaryl/α,β-unsaturated/α-hetero) is 1. The highest BCUT2D eigenvalue weighted by Crippen LogP contribution is 2.07. The molecule has 14 heavy (non-hydrogen) atoms. The summed E-state index contributed by atoms with van der Waals surface area (Å²) in [6.07, 6.45) is 1.26. The van der Waals surface area contributed by atoms with Crippen LogP contribution in [0.2, 0.25) is 0 Å². The predicted molar refractivity (Wildman–Crippen MR) is 56.1 cm³/mol. The maximum atomic E-state index is 10.7. The fraction of sp³-hybridized carbons (Fsp3) is 0.417. The van der Waals surface area contributed by atoms with Gasteiger partial charge in [-0.1, -0.05) is 30.3 Å². The summed E-state index contributed by atoms with van der Waals surface area (Å²) in [5.74, 6) is 0.0468. The lowest BCUT2D eigenvalue weighted by Crippen LogP contribution is -2.12. The van der Waals surface area contributed by atoms with Crippen LogP contribution >= 0.6 is 0 Å². The van der Waals surface area contributed by atoms with Crippen molar-refractivity contribution in [3.63, 3.8) is 0 Å². The molecule has 0 heterocycles. The molecule has 0 aliphatic carbocycles. The van der Waals surface area contributed by atoms with Crippen molar-refractivity contribution in [3.8, 4) is 0 Å². The van der Waals surface area contributed by atoms with Crippen molar-refractivity contribution < 1.29 is 9.90 Å². The number of benzene rings is 1. The minimum Gasteiger partial charge on any atom is -0.393 e. The second kappa shape index (κ2) is 5.55. The topological polar surface area (TPSA) is 37.3 Å². The zero-order chi connectivity index (χ0) is 10.4. The van der Waals surface area contributed by atoms with Gasteiger partial charge in [0, 0.05) is 6.42 Å². The van der Waals surface area contributed by atoms with E-state index in [0.29, 0.717) is 6.42 Å². The van der Waals surface area contributed by atoms with Gasteiger partial charge in [0.2, 0.25) is 0 Å². The van der Waals surface area contributed by atoms with Gasteiger partial charge in [-0.05, 0) is 25.3 Å². The Hall–Kier alpha value is -1.15. The van der Waals surface area contributed by atoms with E-state index in [1.54, 1.807) is 0 Å². The molecule has 0 fully saturated rings. The van der Waals surface area contributed by atoms with Gasteiger partial charge in [0.25, 0.3) is 0 Å². The minimum atomic E-state index is -0.493. The highest BCUT2D eigenvalue weighted by molar-refractivity contribution is 5.75. The molecule has 0 unspecified atom stereocenters. The molecule has 0 aliphatic rings. The normalized spacial score (nSPS) is 12.4. The van der Waals surface area contributed by atoms with Crippen LogP contribution in [0.4, 0.5) is 0 Å². The minimum absolute atomic E-state index is 0.0468. The van der Waals surface area contributed by atoms with Gasteiger partial charge in [0.15, 0.2) is 0 Å². The number of ketones is 1. The molecule has 0 radical (unpaired) electrons. The molecule has 76 valence electrons. The van der Waals surface area contributed by atoms with E-state index >= 15 is 0 Å². The number of aryl methyl sites for hydroxylation is 1. The molecule has 0 aliphatic heterocycles. The highest BCUT2D eigenvalue weighted by Gasteiger charge is 2.06. The molecule has 0 spiro atoms.